The summed E-state index contributed by atoms with van der Waals surface area (Å²) in [5, 5.41) is 2.86. The number of halogens is 3. The first kappa shape index (κ1) is 26.6. The zero-order valence-electron chi connectivity index (χ0n) is 20.3. The summed E-state index contributed by atoms with van der Waals surface area (Å²) in [5.41, 5.74) is 5.51. The first-order chi connectivity index (χ1) is 18.2. The second kappa shape index (κ2) is 10.9. The van der Waals surface area contributed by atoms with Gasteiger partial charge in [-0.15, -0.1) is 0 Å². The number of methoxy groups -OCH3 is 2. The quantitative estimate of drug-likeness (QED) is 0.330. The lowest BCUT2D eigenvalue weighted by molar-refractivity contribution is -0.143. The molecule has 12 heteroatoms. The SMILES string of the molecule is COC(=O)[C@H](Cc1ccccc1)NC(=O)c1nc(-c2ccc(OC)c3nc(C(F)(F)F)ccc23)oc1CN. The Hall–Kier alpha value is -4.45. The molecular weight excluding hydrogens is 505 g/mol. The Morgan fingerprint density at radius 2 is 1.79 bits per heavy atom. The van der Waals surface area contributed by atoms with E-state index in [0.717, 1.165) is 11.6 Å². The molecule has 3 N–H and O–H groups in total. The number of aromatic nitrogens is 2. The van der Waals surface area contributed by atoms with E-state index in [9.17, 15) is 22.8 Å². The van der Waals surface area contributed by atoms with E-state index in [1.54, 1.807) is 24.3 Å². The van der Waals surface area contributed by atoms with Crippen LogP contribution in [0.5, 0.6) is 5.75 Å². The second-order valence-corrected chi connectivity index (χ2v) is 8.14. The summed E-state index contributed by atoms with van der Waals surface area (Å²) < 4.78 is 55.6. The number of alkyl halides is 3. The van der Waals surface area contributed by atoms with Crippen molar-refractivity contribution in [2.75, 3.05) is 14.2 Å². The van der Waals surface area contributed by atoms with Gasteiger partial charge < -0.3 is 24.9 Å². The van der Waals surface area contributed by atoms with Crippen LogP contribution in [0.15, 0.2) is 59.0 Å². The van der Waals surface area contributed by atoms with Crippen molar-refractivity contribution >= 4 is 22.8 Å². The highest BCUT2D eigenvalue weighted by Gasteiger charge is 2.33. The van der Waals surface area contributed by atoms with Gasteiger partial charge in [-0.05, 0) is 29.8 Å². The number of esters is 1. The van der Waals surface area contributed by atoms with Crippen molar-refractivity contribution in [3.63, 3.8) is 0 Å². The number of hydrogen-bond acceptors (Lipinski definition) is 8. The molecule has 1 amide bonds. The molecule has 0 bridgehead atoms. The molecule has 38 heavy (non-hydrogen) atoms. The first-order valence-corrected chi connectivity index (χ1v) is 11.3. The third-order valence-electron chi connectivity index (χ3n) is 5.73. The minimum Gasteiger partial charge on any atom is -0.494 e. The molecule has 0 aliphatic rings. The van der Waals surface area contributed by atoms with Crippen LogP contribution in [0.3, 0.4) is 0 Å². The summed E-state index contributed by atoms with van der Waals surface area (Å²) in [6.45, 7) is -0.206. The summed E-state index contributed by atoms with van der Waals surface area (Å²) in [6, 6.07) is 13.0. The Morgan fingerprint density at radius 3 is 2.42 bits per heavy atom. The molecule has 4 rings (SSSR count). The van der Waals surface area contributed by atoms with Crippen molar-refractivity contribution in [2.24, 2.45) is 5.73 Å². The van der Waals surface area contributed by atoms with Gasteiger partial charge in [0.2, 0.25) is 5.89 Å². The normalized spacial score (nSPS) is 12.3. The number of benzene rings is 2. The van der Waals surface area contributed by atoms with Crippen molar-refractivity contribution in [1.82, 2.24) is 15.3 Å². The third-order valence-corrected chi connectivity index (χ3v) is 5.73. The minimum absolute atomic E-state index is 0.0182. The number of fused-ring (bicyclic) bond motifs is 1. The molecule has 0 fully saturated rings. The van der Waals surface area contributed by atoms with Gasteiger partial charge in [-0.1, -0.05) is 30.3 Å². The van der Waals surface area contributed by atoms with E-state index in [4.69, 9.17) is 19.6 Å². The molecular formula is C26H23F3N4O5. The van der Waals surface area contributed by atoms with Gasteiger partial charge in [0.25, 0.3) is 5.91 Å². The van der Waals surface area contributed by atoms with Crippen molar-refractivity contribution in [3.05, 3.63) is 77.3 Å². The van der Waals surface area contributed by atoms with Crippen LogP contribution in [-0.4, -0.2) is 42.1 Å². The van der Waals surface area contributed by atoms with E-state index < -0.39 is 29.8 Å². The van der Waals surface area contributed by atoms with Crippen LogP contribution in [0.1, 0.15) is 27.5 Å². The van der Waals surface area contributed by atoms with E-state index in [2.05, 4.69) is 15.3 Å². The third kappa shape index (κ3) is 5.44. The molecule has 0 aliphatic heterocycles. The van der Waals surface area contributed by atoms with Gasteiger partial charge >= 0.3 is 12.1 Å². The predicted octanol–water partition coefficient (Wildman–Crippen LogP) is 3.89. The molecule has 0 saturated heterocycles. The zero-order chi connectivity index (χ0) is 27.4. The van der Waals surface area contributed by atoms with E-state index in [1.165, 1.54) is 32.4 Å². The van der Waals surface area contributed by atoms with Crippen molar-refractivity contribution in [3.8, 4) is 17.2 Å². The molecule has 2 aromatic carbocycles. The number of oxazole rings is 1. The van der Waals surface area contributed by atoms with Crippen LogP contribution in [0.25, 0.3) is 22.4 Å². The predicted molar refractivity (Wildman–Crippen MR) is 130 cm³/mol. The number of carbonyl (C=O) groups excluding carboxylic acids is 2. The summed E-state index contributed by atoms with van der Waals surface area (Å²) in [5.74, 6) is -1.33. The summed E-state index contributed by atoms with van der Waals surface area (Å²) in [7, 11) is 2.52. The molecule has 0 spiro atoms. The fourth-order valence-corrected chi connectivity index (χ4v) is 3.90. The standard InChI is InChI=1S/C26H23F3N4O5/c1-36-18-10-8-16(15-9-11-20(26(27,28)29)32-21(15)18)24-33-22(19(13-30)38-24)23(34)31-17(25(35)37-2)12-14-6-4-3-5-7-14/h3-11,17H,12-13,30H2,1-2H3,(H,31,34)/t17-/m0/s1. The molecule has 0 unspecified atom stereocenters. The van der Waals surface area contributed by atoms with E-state index >= 15 is 0 Å². The topological polar surface area (TPSA) is 130 Å². The van der Waals surface area contributed by atoms with Crippen LogP contribution >= 0.6 is 0 Å². The Balaban J connectivity index is 1.71. The highest BCUT2D eigenvalue weighted by Crippen LogP contribution is 2.37. The fraction of sp³-hybridized carbons (Fsp3) is 0.231. The highest BCUT2D eigenvalue weighted by molar-refractivity contribution is 5.99. The molecule has 1 atom stereocenters. The van der Waals surface area contributed by atoms with Crippen molar-refractivity contribution in [1.29, 1.82) is 0 Å². The fourth-order valence-electron chi connectivity index (χ4n) is 3.90. The average Bonchev–Trinajstić information content (AvgIpc) is 3.35. The largest absolute Gasteiger partial charge is 0.494 e. The second-order valence-electron chi connectivity index (χ2n) is 8.14. The van der Waals surface area contributed by atoms with E-state index in [-0.39, 0.29) is 52.5 Å². The highest BCUT2D eigenvalue weighted by atomic mass is 19.4. The number of nitrogens with one attached hydrogen (secondary N) is 1. The summed E-state index contributed by atoms with van der Waals surface area (Å²) in [6.07, 6.45) is -4.50. The Morgan fingerprint density at radius 1 is 1.05 bits per heavy atom. The van der Waals surface area contributed by atoms with Crippen LogP contribution in [-0.2, 0) is 28.7 Å². The van der Waals surface area contributed by atoms with E-state index in [1.807, 2.05) is 6.07 Å². The maximum absolute atomic E-state index is 13.3. The van der Waals surface area contributed by atoms with Crippen LogP contribution in [0, 0.1) is 0 Å². The maximum Gasteiger partial charge on any atom is 0.433 e. The van der Waals surface area contributed by atoms with Crippen LogP contribution in [0.4, 0.5) is 13.2 Å². The van der Waals surface area contributed by atoms with Gasteiger partial charge in [-0.25, -0.2) is 14.8 Å². The summed E-state index contributed by atoms with van der Waals surface area (Å²) >= 11 is 0. The number of nitrogens with zero attached hydrogens (tertiary/aromatic N) is 2. The number of amides is 1. The minimum atomic E-state index is -4.66. The Kier molecular flexibility index (Phi) is 7.62. The zero-order valence-corrected chi connectivity index (χ0v) is 20.3. The Bertz CT molecular complexity index is 1470. The molecule has 0 saturated carbocycles. The van der Waals surface area contributed by atoms with Crippen LogP contribution in [0.2, 0.25) is 0 Å². The number of pyridine rings is 1. The Labute approximate surface area is 214 Å². The van der Waals surface area contributed by atoms with Crippen molar-refractivity contribution < 1.29 is 36.7 Å². The van der Waals surface area contributed by atoms with Gasteiger partial charge in [-0.3, -0.25) is 4.79 Å². The lowest BCUT2D eigenvalue weighted by Gasteiger charge is -2.16. The molecule has 4 aromatic rings. The van der Waals surface area contributed by atoms with Gasteiger partial charge in [-0.2, -0.15) is 13.2 Å². The summed E-state index contributed by atoms with van der Waals surface area (Å²) in [4.78, 5) is 33.5. The molecule has 2 aromatic heterocycles. The number of carbonyl (C=O) groups is 2. The number of rotatable bonds is 8. The van der Waals surface area contributed by atoms with Gasteiger partial charge in [0, 0.05) is 17.4 Å². The van der Waals surface area contributed by atoms with Gasteiger partial charge in [0.05, 0.1) is 20.8 Å². The smallest absolute Gasteiger partial charge is 0.433 e. The molecule has 9 nitrogen and oxygen atoms in total. The van der Waals surface area contributed by atoms with Gasteiger partial charge in [0.1, 0.15) is 23.0 Å². The molecule has 0 radical (unpaired) electrons. The van der Waals surface area contributed by atoms with Crippen molar-refractivity contribution in [2.45, 2.75) is 25.2 Å². The molecule has 2 heterocycles. The first-order valence-electron chi connectivity index (χ1n) is 11.3. The average molecular weight is 528 g/mol. The van der Waals surface area contributed by atoms with Crippen LogP contribution < -0.4 is 15.8 Å². The lowest BCUT2D eigenvalue weighted by atomic mass is 10.1. The number of ether oxygens (including phenoxy) is 2. The van der Waals surface area contributed by atoms with Gasteiger partial charge in [0.15, 0.2) is 11.5 Å². The van der Waals surface area contributed by atoms with E-state index in [0.29, 0.717) is 0 Å². The monoisotopic (exact) mass is 528 g/mol. The number of hydrogen-bond donors (Lipinski definition) is 2. The molecule has 198 valence electrons. The lowest BCUT2D eigenvalue weighted by Crippen LogP contribution is -2.43. The number of nitrogens with two attached hydrogens (primary N) is 1. The molecule has 0 aliphatic carbocycles. The maximum atomic E-state index is 13.3.